The number of fused-ring (bicyclic) bond motifs is 1. The van der Waals surface area contributed by atoms with Gasteiger partial charge in [0, 0.05) is 47.8 Å². The van der Waals surface area contributed by atoms with Crippen molar-refractivity contribution in [1.82, 2.24) is 10.3 Å². The third-order valence-electron chi connectivity index (χ3n) is 9.29. The van der Waals surface area contributed by atoms with Gasteiger partial charge in [-0.1, -0.05) is 48.9 Å². The van der Waals surface area contributed by atoms with E-state index < -0.39 is 41.1 Å². The topological polar surface area (TPSA) is 119 Å². The summed E-state index contributed by atoms with van der Waals surface area (Å²) in [5.41, 5.74) is 2.68. The molecule has 0 saturated carbocycles. The maximum atomic E-state index is 14.2. The van der Waals surface area contributed by atoms with E-state index in [-0.39, 0.29) is 30.6 Å². The van der Waals surface area contributed by atoms with Crippen LogP contribution >= 0.6 is 0 Å². The molecule has 1 aromatic carbocycles. The van der Waals surface area contributed by atoms with E-state index in [1.54, 1.807) is 6.92 Å². The van der Waals surface area contributed by atoms with Gasteiger partial charge < -0.3 is 20.5 Å². The minimum atomic E-state index is -1.54. The number of carbonyl (C=O) groups is 3. The third kappa shape index (κ3) is 4.42. The third-order valence-corrected chi connectivity index (χ3v) is 9.29. The van der Waals surface area contributed by atoms with Crippen LogP contribution in [-0.2, 0) is 20.8 Å². The quantitative estimate of drug-likeness (QED) is 0.346. The van der Waals surface area contributed by atoms with Gasteiger partial charge in [0.15, 0.2) is 5.78 Å². The second-order valence-corrected chi connectivity index (χ2v) is 11.7. The number of hydrogen-bond donors (Lipinski definition) is 4. The highest BCUT2D eigenvalue weighted by molar-refractivity contribution is 6.10. The Hall–Kier alpha value is -3.29. The Kier molecular flexibility index (Phi) is 7.25. The average Bonchev–Trinajstić information content (AvgIpc) is 3.45. The van der Waals surface area contributed by atoms with Crippen molar-refractivity contribution in [3.05, 3.63) is 71.0 Å². The number of nitrogens with one attached hydrogen (secondary N) is 2. The minimum absolute atomic E-state index is 0.0260. The molecular formula is C32H38N2O5. The van der Waals surface area contributed by atoms with Crippen LogP contribution in [0.15, 0.2) is 65.4 Å². The van der Waals surface area contributed by atoms with Gasteiger partial charge in [-0.3, -0.25) is 14.4 Å². The van der Waals surface area contributed by atoms with Crippen molar-refractivity contribution in [3.8, 4) is 0 Å². The number of hydrogen-bond acceptors (Lipinski definition) is 5. The Balaban J connectivity index is 1.61. The molecule has 1 amide bonds. The molecule has 7 atom stereocenters. The number of aromatic nitrogens is 1. The molecule has 1 fully saturated rings. The predicted octanol–water partition coefficient (Wildman–Crippen LogP) is 3.96. The zero-order valence-corrected chi connectivity index (χ0v) is 23.0. The molecule has 0 unspecified atom stereocenters. The van der Waals surface area contributed by atoms with Crippen LogP contribution in [0.5, 0.6) is 0 Å². The molecule has 0 bridgehead atoms. The molecule has 1 saturated heterocycles. The fourth-order valence-electron chi connectivity index (χ4n) is 7.16. The first-order valence-electron chi connectivity index (χ1n) is 13.9. The molecule has 7 heteroatoms. The lowest BCUT2D eigenvalue weighted by Gasteiger charge is -2.46. The van der Waals surface area contributed by atoms with E-state index in [1.165, 1.54) is 0 Å². The summed E-state index contributed by atoms with van der Waals surface area (Å²) in [4.78, 5) is 44.5. The fourth-order valence-corrected chi connectivity index (χ4v) is 7.16. The number of H-pyrrole nitrogens is 1. The highest BCUT2D eigenvalue weighted by atomic mass is 16.3. The van der Waals surface area contributed by atoms with Gasteiger partial charge in [-0.15, -0.1) is 0 Å². The van der Waals surface area contributed by atoms with Crippen molar-refractivity contribution in [3.63, 3.8) is 0 Å². The number of Topliss-reactive ketones (excluding diaryl/α,β-unsaturated/α-hetero) is 2. The summed E-state index contributed by atoms with van der Waals surface area (Å²) in [5.74, 6) is -2.40. The van der Waals surface area contributed by atoms with E-state index in [0.717, 1.165) is 27.6 Å². The van der Waals surface area contributed by atoms with Crippen molar-refractivity contribution < 1.29 is 24.6 Å². The first kappa shape index (κ1) is 27.3. The molecule has 206 valence electrons. The van der Waals surface area contributed by atoms with Crippen LogP contribution in [0, 0.1) is 23.2 Å². The summed E-state index contributed by atoms with van der Waals surface area (Å²) in [6.45, 7) is 7.50. The van der Waals surface area contributed by atoms with Crippen molar-refractivity contribution in [1.29, 1.82) is 0 Å². The lowest BCUT2D eigenvalue weighted by Crippen LogP contribution is -2.55. The second kappa shape index (κ2) is 10.4. The molecule has 2 aromatic rings. The van der Waals surface area contributed by atoms with Crippen LogP contribution in [0.2, 0.25) is 0 Å². The SMILES string of the molecule is CC1=C(C)[C@H]2[C@H](Cc3c[nH]c4ccccc34)NC(=O)[C@@]23C(=O)CCC(=O)[C@@H](O)/C(C)=C/[C@@H](C)C/C=C/[C@H]3[C@@H]1O. The number of amides is 1. The van der Waals surface area contributed by atoms with Crippen molar-refractivity contribution in [2.45, 2.75) is 71.6 Å². The summed E-state index contributed by atoms with van der Waals surface area (Å²) >= 11 is 0. The van der Waals surface area contributed by atoms with Crippen LogP contribution < -0.4 is 5.32 Å². The van der Waals surface area contributed by atoms with E-state index in [1.807, 2.05) is 69.5 Å². The van der Waals surface area contributed by atoms with Crippen LogP contribution in [-0.4, -0.2) is 50.9 Å². The van der Waals surface area contributed by atoms with Crippen molar-refractivity contribution in [2.75, 3.05) is 0 Å². The lowest BCUT2D eigenvalue weighted by atomic mass is 9.54. The molecule has 39 heavy (non-hydrogen) atoms. The van der Waals surface area contributed by atoms with Crippen LogP contribution in [0.3, 0.4) is 0 Å². The molecular weight excluding hydrogens is 492 g/mol. The Morgan fingerprint density at radius 2 is 1.77 bits per heavy atom. The summed E-state index contributed by atoms with van der Waals surface area (Å²) in [6, 6.07) is 7.62. The number of aromatic amines is 1. The van der Waals surface area contributed by atoms with E-state index in [2.05, 4.69) is 10.3 Å². The Bertz CT molecular complexity index is 1410. The molecule has 2 aliphatic carbocycles. The number of rotatable bonds is 2. The Morgan fingerprint density at radius 1 is 1.03 bits per heavy atom. The summed E-state index contributed by atoms with van der Waals surface area (Å²) in [5, 5.41) is 26.3. The Morgan fingerprint density at radius 3 is 2.54 bits per heavy atom. The zero-order chi connectivity index (χ0) is 28.1. The normalized spacial score (nSPS) is 36.3. The number of allylic oxidation sites excluding steroid dienone is 2. The molecule has 7 nitrogen and oxygen atoms in total. The molecule has 0 radical (unpaired) electrons. The number of carbonyl (C=O) groups excluding carboxylic acids is 3. The molecule has 1 aliphatic heterocycles. The molecule has 1 aromatic heterocycles. The van der Waals surface area contributed by atoms with E-state index in [4.69, 9.17) is 0 Å². The van der Waals surface area contributed by atoms with Gasteiger partial charge in [0.2, 0.25) is 5.91 Å². The smallest absolute Gasteiger partial charge is 0.235 e. The molecule has 3 aliphatic rings. The summed E-state index contributed by atoms with van der Waals surface area (Å²) in [7, 11) is 0. The second-order valence-electron chi connectivity index (χ2n) is 11.7. The van der Waals surface area contributed by atoms with E-state index in [0.29, 0.717) is 18.4 Å². The first-order valence-corrected chi connectivity index (χ1v) is 13.9. The fraction of sp³-hybridized carbons (Fsp3) is 0.469. The summed E-state index contributed by atoms with van der Waals surface area (Å²) in [6.07, 6.45) is 6.07. The van der Waals surface area contributed by atoms with Crippen molar-refractivity contribution >= 4 is 28.4 Å². The van der Waals surface area contributed by atoms with Crippen LogP contribution in [0.25, 0.3) is 10.9 Å². The molecule has 2 heterocycles. The Labute approximate surface area is 229 Å². The van der Waals surface area contributed by atoms with Crippen molar-refractivity contribution in [2.24, 2.45) is 23.2 Å². The van der Waals surface area contributed by atoms with E-state index >= 15 is 0 Å². The number of aliphatic hydroxyl groups excluding tert-OH is 2. The highest BCUT2D eigenvalue weighted by Crippen LogP contribution is 2.55. The van der Waals surface area contributed by atoms with Crippen LogP contribution in [0.4, 0.5) is 0 Å². The maximum absolute atomic E-state index is 14.2. The lowest BCUT2D eigenvalue weighted by molar-refractivity contribution is -0.148. The van der Waals surface area contributed by atoms with Crippen LogP contribution in [0.1, 0.15) is 52.5 Å². The standard InChI is InChI=1S/C32H38N2O5/c1-17-8-7-10-23-30(38)20(4)19(3)28-25(15-21-16-33-24-11-6-5-9-22(21)24)34-31(39)32(23,28)27(36)13-12-26(35)29(37)18(2)14-17/h5-7,9-11,14,16-17,23,25,28-30,33,37-38H,8,12-13,15H2,1-4H3,(H,34,39)/b10-7+,18-14+/t17-,23-,25-,28-,29-,30+,32-/m0/s1. The first-order chi connectivity index (χ1) is 18.6. The minimum Gasteiger partial charge on any atom is -0.388 e. The average molecular weight is 531 g/mol. The van der Waals surface area contributed by atoms with Gasteiger partial charge in [0.25, 0.3) is 0 Å². The molecule has 5 rings (SSSR count). The van der Waals surface area contributed by atoms with Gasteiger partial charge in [0.05, 0.1) is 6.10 Å². The van der Waals surface area contributed by atoms with Gasteiger partial charge in [-0.05, 0) is 62.3 Å². The molecule has 4 N–H and O–H groups in total. The predicted molar refractivity (Wildman–Crippen MR) is 150 cm³/mol. The number of para-hydroxylation sites is 1. The van der Waals surface area contributed by atoms with Gasteiger partial charge >= 0.3 is 0 Å². The highest BCUT2D eigenvalue weighted by Gasteiger charge is 2.66. The number of aliphatic hydroxyl groups is 2. The van der Waals surface area contributed by atoms with Gasteiger partial charge in [-0.2, -0.15) is 0 Å². The monoisotopic (exact) mass is 530 g/mol. The maximum Gasteiger partial charge on any atom is 0.235 e. The van der Waals surface area contributed by atoms with E-state index in [9.17, 15) is 24.6 Å². The summed E-state index contributed by atoms with van der Waals surface area (Å²) < 4.78 is 0. The number of benzene rings is 1. The largest absolute Gasteiger partial charge is 0.388 e. The van der Waals surface area contributed by atoms with Gasteiger partial charge in [0.1, 0.15) is 17.3 Å². The van der Waals surface area contributed by atoms with Gasteiger partial charge in [-0.25, -0.2) is 0 Å². The number of ketones is 2. The zero-order valence-electron chi connectivity index (χ0n) is 23.0. The molecule has 1 spiro atoms.